The zero-order valence-corrected chi connectivity index (χ0v) is 9.13. The third-order valence-corrected chi connectivity index (χ3v) is 2.81. The first-order valence-electron chi connectivity index (χ1n) is 5.46. The Balaban J connectivity index is 2.28. The van der Waals surface area contributed by atoms with E-state index in [1.807, 2.05) is 54.6 Å². The van der Waals surface area contributed by atoms with Crippen LogP contribution in [0, 0.1) is 0 Å². The van der Waals surface area contributed by atoms with Crippen molar-refractivity contribution in [1.29, 1.82) is 0 Å². The van der Waals surface area contributed by atoms with Gasteiger partial charge in [-0.1, -0.05) is 54.3 Å². The lowest BCUT2D eigenvalue weighted by Gasteiger charge is -2.15. The minimum atomic E-state index is -0.0215. The summed E-state index contributed by atoms with van der Waals surface area (Å²) in [5.74, 6) is -0.0215. The van der Waals surface area contributed by atoms with Gasteiger partial charge in [0.05, 0.1) is 5.69 Å². The molecule has 0 amide bonds. The standard InChI is InChI=1S/C15H11NO/c17-15(12-6-1-2-7-12)14-13-8-4-3-5-11(13)9-10-16-14/h1-10,17H/p-1. The van der Waals surface area contributed by atoms with E-state index in [9.17, 15) is 5.11 Å². The summed E-state index contributed by atoms with van der Waals surface area (Å²) in [7, 11) is 0. The molecular formula is C15H10NO-. The van der Waals surface area contributed by atoms with Gasteiger partial charge in [-0.15, -0.1) is 0 Å². The van der Waals surface area contributed by atoms with Gasteiger partial charge in [-0.3, -0.25) is 4.98 Å². The van der Waals surface area contributed by atoms with E-state index in [1.165, 1.54) is 0 Å². The summed E-state index contributed by atoms with van der Waals surface area (Å²) < 4.78 is 0. The van der Waals surface area contributed by atoms with Crippen LogP contribution in [0.1, 0.15) is 5.69 Å². The number of fused-ring (bicyclic) bond motifs is 1. The van der Waals surface area contributed by atoms with Gasteiger partial charge in [0, 0.05) is 11.6 Å². The minimum Gasteiger partial charge on any atom is -0.871 e. The van der Waals surface area contributed by atoms with Crippen LogP contribution in [0.25, 0.3) is 16.5 Å². The highest BCUT2D eigenvalue weighted by Gasteiger charge is 2.03. The molecule has 0 atom stereocenters. The summed E-state index contributed by atoms with van der Waals surface area (Å²) in [6.45, 7) is 0. The van der Waals surface area contributed by atoms with Crippen LogP contribution >= 0.6 is 0 Å². The molecule has 1 aromatic carbocycles. The van der Waals surface area contributed by atoms with Crippen molar-refractivity contribution >= 4 is 16.5 Å². The molecule has 3 rings (SSSR count). The first kappa shape index (κ1) is 9.85. The summed E-state index contributed by atoms with van der Waals surface area (Å²) >= 11 is 0. The topological polar surface area (TPSA) is 36.0 Å². The molecule has 0 saturated carbocycles. The molecule has 17 heavy (non-hydrogen) atoms. The highest BCUT2D eigenvalue weighted by molar-refractivity contribution is 5.91. The Labute approximate surface area is 99.2 Å². The highest BCUT2D eigenvalue weighted by atomic mass is 16.3. The lowest BCUT2D eigenvalue weighted by Crippen LogP contribution is -2.07. The van der Waals surface area contributed by atoms with Crippen LogP contribution < -0.4 is 5.11 Å². The predicted octanol–water partition coefficient (Wildman–Crippen LogP) is 2.43. The summed E-state index contributed by atoms with van der Waals surface area (Å²) in [4.78, 5) is 4.21. The average Bonchev–Trinajstić information content (AvgIpc) is 2.91. The zero-order valence-electron chi connectivity index (χ0n) is 9.13. The Hall–Kier alpha value is -2.35. The molecule has 1 aliphatic rings. The average molecular weight is 220 g/mol. The van der Waals surface area contributed by atoms with Gasteiger partial charge in [0.2, 0.25) is 0 Å². The summed E-state index contributed by atoms with van der Waals surface area (Å²) in [6.07, 6.45) is 9.02. The first-order chi connectivity index (χ1) is 8.36. The van der Waals surface area contributed by atoms with Crippen LogP contribution in [0.4, 0.5) is 0 Å². The van der Waals surface area contributed by atoms with Crippen LogP contribution in [-0.2, 0) is 0 Å². The lowest BCUT2D eigenvalue weighted by molar-refractivity contribution is -0.244. The van der Waals surface area contributed by atoms with Crippen molar-refractivity contribution in [2.75, 3.05) is 0 Å². The Morgan fingerprint density at radius 1 is 1.00 bits per heavy atom. The summed E-state index contributed by atoms with van der Waals surface area (Å²) in [5.41, 5.74) is 1.21. The molecule has 0 N–H and O–H groups in total. The number of nitrogens with zero attached hydrogens (tertiary/aromatic N) is 1. The second-order valence-electron chi connectivity index (χ2n) is 3.88. The minimum absolute atomic E-state index is 0.0215. The Kier molecular flexibility index (Phi) is 2.26. The molecule has 0 radical (unpaired) electrons. The molecule has 1 aliphatic carbocycles. The quantitative estimate of drug-likeness (QED) is 0.692. The molecule has 0 saturated heterocycles. The van der Waals surface area contributed by atoms with E-state index in [0.717, 1.165) is 10.8 Å². The largest absolute Gasteiger partial charge is 0.871 e. The molecule has 2 nitrogen and oxygen atoms in total. The van der Waals surface area contributed by atoms with E-state index in [1.54, 1.807) is 6.20 Å². The second-order valence-corrected chi connectivity index (χ2v) is 3.88. The fourth-order valence-corrected chi connectivity index (χ4v) is 1.96. The van der Waals surface area contributed by atoms with E-state index in [2.05, 4.69) is 4.98 Å². The smallest absolute Gasteiger partial charge is 0.0635 e. The molecular weight excluding hydrogens is 210 g/mol. The maximum Gasteiger partial charge on any atom is 0.0635 e. The van der Waals surface area contributed by atoms with Crippen LogP contribution in [0.3, 0.4) is 0 Å². The second kappa shape index (κ2) is 3.91. The molecule has 1 heterocycles. The number of hydrogen-bond donors (Lipinski definition) is 0. The molecule has 0 bridgehead atoms. The van der Waals surface area contributed by atoms with E-state index >= 15 is 0 Å². The van der Waals surface area contributed by atoms with Crippen molar-refractivity contribution < 1.29 is 5.11 Å². The van der Waals surface area contributed by atoms with Crippen LogP contribution in [-0.4, -0.2) is 4.98 Å². The Morgan fingerprint density at radius 2 is 1.76 bits per heavy atom. The van der Waals surface area contributed by atoms with Crippen molar-refractivity contribution in [3.8, 4) is 0 Å². The molecule has 2 aromatic rings. The van der Waals surface area contributed by atoms with Crippen molar-refractivity contribution in [1.82, 2.24) is 4.98 Å². The van der Waals surface area contributed by atoms with Gasteiger partial charge in [-0.25, -0.2) is 0 Å². The molecule has 1 aromatic heterocycles. The lowest BCUT2D eigenvalue weighted by atomic mass is 10.1. The fraction of sp³-hybridized carbons (Fsp3) is 0. The highest BCUT2D eigenvalue weighted by Crippen LogP contribution is 2.23. The third-order valence-electron chi connectivity index (χ3n) is 2.81. The molecule has 2 heteroatoms. The molecule has 0 spiro atoms. The van der Waals surface area contributed by atoms with E-state index in [4.69, 9.17) is 0 Å². The van der Waals surface area contributed by atoms with Crippen molar-refractivity contribution in [2.45, 2.75) is 0 Å². The number of aromatic nitrogens is 1. The zero-order chi connectivity index (χ0) is 11.7. The third kappa shape index (κ3) is 1.64. The van der Waals surface area contributed by atoms with E-state index < -0.39 is 0 Å². The fourth-order valence-electron chi connectivity index (χ4n) is 1.96. The van der Waals surface area contributed by atoms with Gasteiger partial charge < -0.3 is 5.11 Å². The van der Waals surface area contributed by atoms with Crippen molar-refractivity contribution in [2.24, 2.45) is 0 Å². The summed E-state index contributed by atoms with van der Waals surface area (Å²) in [6, 6.07) is 9.71. The molecule has 0 aliphatic heterocycles. The maximum atomic E-state index is 12.3. The Morgan fingerprint density at radius 3 is 2.59 bits per heavy atom. The summed E-state index contributed by atoms with van der Waals surface area (Å²) in [5, 5.41) is 14.2. The number of hydrogen-bond acceptors (Lipinski definition) is 2. The van der Waals surface area contributed by atoms with Crippen LogP contribution in [0.15, 0.2) is 66.4 Å². The normalized spacial score (nSPS) is 13.5. The van der Waals surface area contributed by atoms with Gasteiger partial charge in [0.1, 0.15) is 0 Å². The van der Waals surface area contributed by atoms with Gasteiger partial charge in [0.25, 0.3) is 0 Å². The maximum absolute atomic E-state index is 12.3. The number of allylic oxidation sites excluding steroid dienone is 5. The van der Waals surface area contributed by atoms with E-state index in [0.29, 0.717) is 11.3 Å². The number of pyridine rings is 1. The van der Waals surface area contributed by atoms with Gasteiger partial charge in [-0.2, -0.15) is 0 Å². The number of benzene rings is 1. The van der Waals surface area contributed by atoms with Crippen molar-refractivity contribution in [3.63, 3.8) is 0 Å². The van der Waals surface area contributed by atoms with Crippen molar-refractivity contribution in [3.05, 3.63) is 72.1 Å². The number of rotatable bonds is 1. The first-order valence-corrected chi connectivity index (χ1v) is 5.46. The molecule has 82 valence electrons. The SMILES string of the molecule is [O-]C(=C1C=CC=C1)c1nccc2ccccc12. The Bertz CT molecular complexity index is 646. The van der Waals surface area contributed by atoms with Crippen LogP contribution in [0.5, 0.6) is 0 Å². The van der Waals surface area contributed by atoms with Gasteiger partial charge >= 0.3 is 0 Å². The molecule has 0 unspecified atom stereocenters. The van der Waals surface area contributed by atoms with Crippen LogP contribution in [0.2, 0.25) is 0 Å². The molecule has 0 fully saturated rings. The predicted molar refractivity (Wildman–Crippen MR) is 66.9 cm³/mol. The monoisotopic (exact) mass is 220 g/mol. The van der Waals surface area contributed by atoms with E-state index in [-0.39, 0.29) is 5.76 Å². The van der Waals surface area contributed by atoms with Gasteiger partial charge in [-0.05, 0) is 17.0 Å². The van der Waals surface area contributed by atoms with Gasteiger partial charge in [0.15, 0.2) is 0 Å².